The van der Waals surface area contributed by atoms with Crippen molar-refractivity contribution in [3.8, 4) is 17.3 Å². The Morgan fingerprint density at radius 1 is 1.23 bits per heavy atom. The van der Waals surface area contributed by atoms with Crippen molar-refractivity contribution in [1.82, 2.24) is 18.9 Å². The van der Waals surface area contributed by atoms with Crippen LogP contribution in [0.1, 0.15) is 68.9 Å². The summed E-state index contributed by atoms with van der Waals surface area (Å²) in [6.07, 6.45) is 10.3. The number of carbonyl (C=O) groups is 1. The lowest BCUT2D eigenvalue weighted by Gasteiger charge is -2.30. The highest BCUT2D eigenvalue weighted by Crippen LogP contribution is 2.35. The molecule has 1 aliphatic carbocycles. The van der Waals surface area contributed by atoms with Gasteiger partial charge < -0.3 is 19.6 Å². The lowest BCUT2D eigenvalue weighted by Crippen LogP contribution is -2.48. The Kier molecular flexibility index (Phi) is 7.31. The summed E-state index contributed by atoms with van der Waals surface area (Å²) in [5.74, 6) is 0.405. The number of ether oxygens (including phenoxy) is 2. The third-order valence-corrected chi connectivity index (χ3v) is 7.72. The van der Waals surface area contributed by atoms with Crippen LogP contribution >= 0.6 is 0 Å². The van der Waals surface area contributed by atoms with Crippen molar-refractivity contribution in [2.45, 2.75) is 77.0 Å². The SMILES string of the molecule is COc1ccccc1[C@H](Cc1cn(C(C)(C)C(N)=O)c(=O)n2c(C)c(-c3ncco3)nc12)OC1CCCCC1. The molecule has 1 fully saturated rings. The Bertz CT molecular complexity index is 1530. The van der Waals surface area contributed by atoms with Gasteiger partial charge in [-0.05, 0) is 39.7 Å². The van der Waals surface area contributed by atoms with Gasteiger partial charge in [0.15, 0.2) is 0 Å². The normalized spacial score (nSPS) is 15.5. The zero-order valence-electron chi connectivity index (χ0n) is 22.8. The topological polar surface area (TPSA) is 127 Å². The number of oxazole rings is 1. The molecule has 10 heteroatoms. The second-order valence-corrected chi connectivity index (χ2v) is 10.6. The van der Waals surface area contributed by atoms with Gasteiger partial charge in [0, 0.05) is 23.7 Å². The number of imidazole rings is 1. The quantitative estimate of drug-likeness (QED) is 0.339. The molecule has 1 atom stereocenters. The number of primary amides is 1. The van der Waals surface area contributed by atoms with Gasteiger partial charge in [0.25, 0.3) is 0 Å². The number of amides is 1. The molecule has 0 bridgehead atoms. The molecule has 2 N–H and O–H groups in total. The average molecular weight is 534 g/mol. The molecule has 3 aromatic heterocycles. The van der Waals surface area contributed by atoms with E-state index in [1.807, 2.05) is 24.3 Å². The molecule has 206 valence electrons. The largest absolute Gasteiger partial charge is 0.496 e. The van der Waals surface area contributed by atoms with Crippen LogP contribution in [0.2, 0.25) is 0 Å². The predicted octanol–water partition coefficient (Wildman–Crippen LogP) is 4.32. The Morgan fingerprint density at radius 3 is 2.64 bits per heavy atom. The van der Waals surface area contributed by atoms with E-state index in [4.69, 9.17) is 24.6 Å². The Morgan fingerprint density at radius 2 is 1.97 bits per heavy atom. The van der Waals surface area contributed by atoms with Gasteiger partial charge in [-0.2, -0.15) is 0 Å². The maximum Gasteiger partial charge on any atom is 0.335 e. The highest BCUT2D eigenvalue weighted by molar-refractivity contribution is 5.81. The van der Waals surface area contributed by atoms with Gasteiger partial charge in [0.2, 0.25) is 11.8 Å². The number of methoxy groups -OCH3 is 1. The number of aromatic nitrogens is 4. The molecular formula is C29H35N5O5. The summed E-state index contributed by atoms with van der Waals surface area (Å²) in [4.78, 5) is 35.3. The fraction of sp³-hybridized carbons (Fsp3) is 0.448. The van der Waals surface area contributed by atoms with Crippen molar-refractivity contribution in [1.29, 1.82) is 0 Å². The Labute approximate surface area is 226 Å². The molecule has 1 amide bonds. The summed E-state index contributed by atoms with van der Waals surface area (Å²) in [5.41, 5.74) is 7.12. The van der Waals surface area contributed by atoms with Crippen LogP contribution in [0, 0.1) is 6.92 Å². The fourth-order valence-corrected chi connectivity index (χ4v) is 5.33. The third-order valence-electron chi connectivity index (χ3n) is 7.72. The Balaban J connectivity index is 1.70. The van der Waals surface area contributed by atoms with Crippen LogP contribution in [0.5, 0.6) is 5.75 Å². The monoisotopic (exact) mass is 533 g/mol. The molecule has 39 heavy (non-hydrogen) atoms. The smallest absolute Gasteiger partial charge is 0.335 e. The summed E-state index contributed by atoms with van der Waals surface area (Å²) >= 11 is 0. The summed E-state index contributed by atoms with van der Waals surface area (Å²) in [5, 5.41) is 0. The number of hydrogen-bond donors (Lipinski definition) is 1. The average Bonchev–Trinajstić information content (AvgIpc) is 3.58. The van der Waals surface area contributed by atoms with E-state index in [-0.39, 0.29) is 12.2 Å². The molecule has 1 aliphatic rings. The van der Waals surface area contributed by atoms with Crippen LogP contribution in [0.4, 0.5) is 0 Å². The third kappa shape index (κ3) is 4.96. The van der Waals surface area contributed by atoms with Crippen LogP contribution in [0.25, 0.3) is 17.2 Å². The molecule has 3 heterocycles. The molecule has 0 spiro atoms. The minimum absolute atomic E-state index is 0.113. The van der Waals surface area contributed by atoms with Crippen molar-refractivity contribution >= 4 is 11.6 Å². The van der Waals surface area contributed by atoms with Gasteiger partial charge in [-0.3, -0.25) is 9.36 Å². The highest BCUT2D eigenvalue weighted by atomic mass is 16.5. The van der Waals surface area contributed by atoms with E-state index in [9.17, 15) is 9.59 Å². The zero-order chi connectivity index (χ0) is 27.7. The van der Waals surface area contributed by atoms with Crippen molar-refractivity contribution in [3.63, 3.8) is 0 Å². The summed E-state index contributed by atoms with van der Waals surface area (Å²) in [7, 11) is 1.64. The molecule has 0 unspecified atom stereocenters. The molecule has 10 nitrogen and oxygen atoms in total. The number of fused-ring (bicyclic) bond motifs is 1. The first-order chi connectivity index (χ1) is 18.7. The van der Waals surface area contributed by atoms with Crippen molar-refractivity contribution < 1.29 is 18.7 Å². The van der Waals surface area contributed by atoms with Gasteiger partial charge in [0.05, 0.1) is 31.2 Å². The van der Waals surface area contributed by atoms with Gasteiger partial charge in [-0.1, -0.05) is 37.5 Å². The van der Waals surface area contributed by atoms with E-state index < -0.39 is 17.1 Å². The minimum Gasteiger partial charge on any atom is -0.496 e. The number of hydrogen-bond acceptors (Lipinski definition) is 7. The zero-order valence-corrected chi connectivity index (χ0v) is 22.8. The standard InChI is InChI=1S/C29H35N5O5/c1-18-24(26-31-14-15-38-26)32-25-19(17-33(28(36)34(18)25)29(2,3)27(30)35)16-23(39-20-10-6-5-7-11-20)21-12-8-9-13-22(21)37-4/h8-9,12-15,17,20,23H,5-7,10-11,16H2,1-4H3,(H2,30,35)/t23-/m0/s1. The molecule has 0 saturated heterocycles. The van der Waals surface area contributed by atoms with Gasteiger partial charge in [-0.25, -0.2) is 19.2 Å². The van der Waals surface area contributed by atoms with E-state index in [0.717, 1.165) is 42.6 Å². The number of nitrogens with two attached hydrogens (primary N) is 1. The summed E-state index contributed by atoms with van der Waals surface area (Å²) in [6.45, 7) is 5.04. The van der Waals surface area contributed by atoms with E-state index in [1.165, 1.54) is 27.8 Å². The second kappa shape index (κ2) is 10.7. The lowest BCUT2D eigenvalue weighted by molar-refractivity contribution is -0.125. The van der Waals surface area contributed by atoms with Crippen molar-refractivity contribution in [2.24, 2.45) is 5.73 Å². The minimum atomic E-state index is -1.29. The number of benzene rings is 1. The van der Waals surface area contributed by atoms with Crippen LogP contribution in [-0.4, -0.2) is 38.1 Å². The van der Waals surface area contributed by atoms with Crippen LogP contribution in [0.3, 0.4) is 0 Å². The van der Waals surface area contributed by atoms with E-state index in [2.05, 4.69) is 4.98 Å². The molecule has 0 aliphatic heterocycles. The molecule has 1 aromatic carbocycles. The van der Waals surface area contributed by atoms with E-state index in [0.29, 0.717) is 29.3 Å². The lowest BCUT2D eigenvalue weighted by atomic mass is 9.96. The second-order valence-electron chi connectivity index (χ2n) is 10.6. The van der Waals surface area contributed by atoms with E-state index in [1.54, 1.807) is 34.1 Å². The number of rotatable bonds is 9. The van der Waals surface area contributed by atoms with E-state index >= 15 is 0 Å². The summed E-state index contributed by atoms with van der Waals surface area (Å²) < 4.78 is 20.9. The number of nitrogens with zero attached hydrogens (tertiary/aromatic N) is 4. The Hall–Kier alpha value is -3.92. The van der Waals surface area contributed by atoms with Gasteiger partial charge >= 0.3 is 5.69 Å². The highest BCUT2D eigenvalue weighted by Gasteiger charge is 2.32. The maximum atomic E-state index is 13.8. The van der Waals surface area contributed by atoms with Crippen LogP contribution in [0.15, 0.2) is 52.1 Å². The van der Waals surface area contributed by atoms with Gasteiger partial charge in [-0.15, -0.1) is 0 Å². The first-order valence-electron chi connectivity index (χ1n) is 13.3. The predicted molar refractivity (Wildman–Crippen MR) is 146 cm³/mol. The van der Waals surface area contributed by atoms with Crippen molar-refractivity contribution in [2.75, 3.05) is 7.11 Å². The van der Waals surface area contributed by atoms with Crippen LogP contribution in [-0.2, 0) is 21.5 Å². The van der Waals surface area contributed by atoms with Crippen LogP contribution < -0.4 is 16.2 Å². The molecule has 4 aromatic rings. The first kappa shape index (κ1) is 26.7. The molecule has 0 radical (unpaired) electrons. The van der Waals surface area contributed by atoms with Crippen molar-refractivity contribution in [3.05, 3.63) is 70.2 Å². The number of para-hydroxylation sites is 1. The molecule has 1 saturated carbocycles. The molecular weight excluding hydrogens is 498 g/mol. The molecule has 5 rings (SSSR count). The maximum absolute atomic E-state index is 13.8. The summed E-state index contributed by atoms with van der Waals surface area (Å²) in [6, 6.07) is 7.80. The number of carbonyl (C=O) groups excluding carboxylic acids is 1. The fourth-order valence-electron chi connectivity index (χ4n) is 5.33. The van der Waals surface area contributed by atoms with Gasteiger partial charge in [0.1, 0.15) is 28.9 Å². The number of aryl methyl sites for hydroxylation is 1. The first-order valence-corrected chi connectivity index (χ1v) is 13.3.